The maximum absolute atomic E-state index is 12.9. The molecular weight excluding hydrogens is 236 g/mol. The van der Waals surface area contributed by atoms with E-state index in [4.69, 9.17) is 17.3 Å². The zero-order valence-electron chi connectivity index (χ0n) is 8.25. The molecule has 2 N–H and O–H groups in total. The summed E-state index contributed by atoms with van der Waals surface area (Å²) in [5.74, 6) is 0.392. The van der Waals surface area contributed by atoms with E-state index in [-0.39, 0.29) is 29.3 Å². The fourth-order valence-corrected chi connectivity index (χ4v) is 1.78. The maximum Gasteiger partial charge on any atom is 0.141 e. The Morgan fingerprint density at radius 2 is 2.13 bits per heavy atom. The molecule has 84 valence electrons. The molecule has 0 heterocycles. The maximum atomic E-state index is 12.9. The first kappa shape index (κ1) is 12.8. The van der Waals surface area contributed by atoms with Crippen LogP contribution in [0.4, 0.5) is 4.39 Å². The highest BCUT2D eigenvalue weighted by Crippen LogP contribution is 2.37. The molecule has 0 saturated heterocycles. The van der Waals surface area contributed by atoms with E-state index in [0.29, 0.717) is 0 Å². The molecule has 0 amide bonds. The highest BCUT2D eigenvalue weighted by Gasteiger charge is 2.24. The largest absolute Gasteiger partial charge is 0.324 e. The van der Waals surface area contributed by atoms with Gasteiger partial charge in [-0.25, -0.2) is 4.39 Å². The fraction of sp³-hybridized carbons (Fsp3) is 0.455. The van der Waals surface area contributed by atoms with Crippen LogP contribution in [-0.2, 0) is 0 Å². The van der Waals surface area contributed by atoms with Gasteiger partial charge in [-0.3, -0.25) is 0 Å². The molecule has 0 aliphatic heterocycles. The predicted molar refractivity (Wildman–Crippen MR) is 62.9 cm³/mol. The second-order valence-electron chi connectivity index (χ2n) is 3.96. The van der Waals surface area contributed by atoms with Crippen molar-refractivity contribution in [3.05, 3.63) is 34.6 Å². The summed E-state index contributed by atoms with van der Waals surface area (Å²) in [5.41, 5.74) is 6.91. The van der Waals surface area contributed by atoms with E-state index in [9.17, 15) is 4.39 Å². The summed E-state index contributed by atoms with van der Waals surface area (Å²) in [6.45, 7) is 0. The van der Waals surface area contributed by atoms with E-state index < -0.39 is 0 Å². The van der Waals surface area contributed by atoms with Gasteiger partial charge in [-0.15, -0.1) is 12.4 Å². The minimum absolute atomic E-state index is 0. The molecule has 0 aromatic heterocycles. The van der Waals surface area contributed by atoms with Gasteiger partial charge in [0.05, 0.1) is 5.02 Å². The third-order valence-electron chi connectivity index (χ3n) is 2.66. The Hall–Kier alpha value is -0.310. The third-order valence-corrected chi connectivity index (χ3v) is 2.95. The van der Waals surface area contributed by atoms with Crippen molar-refractivity contribution in [1.29, 1.82) is 0 Å². The lowest BCUT2D eigenvalue weighted by Crippen LogP contribution is -2.10. The molecule has 1 fully saturated rings. The molecule has 1 nitrogen and oxygen atoms in total. The van der Waals surface area contributed by atoms with E-state index in [2.05, 4.69) is 0 Å². The van der Waals surface area contributed by atoms with Crippen LogP contribution in [0.2, 0.25) is 5.02 Å². The number of nitrogens with two attached hydrogens (primary N) is 1. The molecule has 1 saturated carbocycles. The predicted octanol–water partition coefficient (Wildman–Crippen LogP) is 3.70. The summed E-state index contributed by atoms with van der Waals surface area (Å²) in [6.07, 6.45) is 3.55. The Morgan fingerprint density at radius 3 is 2.67 bits per heavy atom. The molecule has 1 aromatic rings. The van der Waals surface area contributed by atoms with E-state index in [1.54, 1.807) is 12.1 Å². The van der Waals surface area contributed by atoms with Crippen molar-refractivity contribution in [3.8, 4) is 0 Å². The second-order valence-corrected chi connectivity index (χ2v) is 4.37. The Morgan fingerprint density at radius 1 is 1.47 bits per heavy atom. The monoisotopic (exact) mass is 249 g/mol. The molecule has 15 heavy (non-hydrogen) atoms. The smallest absolute Gasteiger partial charge is 0.141 e. The highest BCUT2D eigenvalue weighted by molar-refractivity contribution is 6.30. The minimum Gasteiger partial charge on any atom is -0.324 e. The molecule has 1 aromatic carbocycles. The molecule has 0 radical (unpaired) electrons. The Balaban J connectivity index is 0.00000112. The number of rotatable bonds is 3. The molecule has 1 atom stereocenters. The van der Waals surface area contributed by atoms with E-state index in [1.165, 1.54) is 18.9 Å². The molecule has 0 bridgehead atoms. The quantitative estimate of drug-likeness (QED) is 0.869. The van der Waals surface area contributed by atoms with Crippen LogP contribution in [0.5, 0.6) is 0 Å². The Kier molecular flexibility index (Phi) is 4.38. The highest BCUT2D eigenvalue weighted by atomic mass is 35.5. The SMILES string of the molecule is Cl.N[C@@H](CC1CC1)c1ccc(F)c(Cl)c1. The van der Waals surface area contributed by atoms with Crippen LogP contribution >= 0.6 is 24.0 Å². The number of benzene rings is 1. The van der Waals surface area contributed by atoms with Crippen LogP contribution in [0, 0.1) is 11.7 Å². The molecular formula is C11H14Cl2FN. The van der Waals surface area contributed by atoms with E-state index in [1.807, 2.05) is 0 Å². The molecule has 0 unspecified atom stereocenters. The molecule has 4 heteroatoms. The van der Waals surface area contributed by atoms with Gasteiger partial charge in [-0.1, -0.05) is 30.5 Å². The third kappa shape index (κ3) is 3.33. The number of hydrogen-bond acceptors (Lipinski definition) is 1. The average molecular weight is 250 g/mol. The molecule has 2 rings (SSSR count). The van der Waals surface area contributed by atoms with Crippen LogP contribution in [0.3, 0.4) is 0 Å². The van der Waals surface area contributed by atoms with Gasteiger partial charge in [0.25, 0.3) is 0 Å². The van der Waals surface area contributed by atoms with Crippen molar-refractivity contribution in [3.63, 3.8) is 0 Å². The van der Waals surface area contributed by atoms with Gasteiger partial charge in [0.1, 0.15) is 5.82 Å². The average Bonchev–Trinajstić information content (AvgIpc) is 2.93. The van der Waals surface area contributed by atoms with Gasteiger partial charge in [-0.2, -0.15) is 0 Å². The Labute approximate surface area is 100 Å². The van der Waals surface area contributed by atoms with Gasteiger partial charge >= 0.3 is 0 Å². The fourth-order valence-electron chi connectivity index (χ4n) is 1.59. The Bertz CT molecular complexity index is 339. The van der Waals surface area contributed by atoms with Crippen LogP contribution in [0.25, 0.3) is 0 Å². The first-order valence-corrected chi connectivity index (χ1v) is 5.25. The van der Waals surface area contributed by atoms with Crippen molar-refractivity contribution in [2.45, 2.75) is 25.3 Å². The first-order valence-electron chi connectivity index (χ1n) is 4.87. The minimum atomic E-state index is -0.381. The zero-order valence-corrected chi connectivity index (χ0v) is 9.82. The molecule has 0 spiro atoms. The van der Waals surface area contributed by atoms with Gasteiger partial charge in [-0.05, 0) is 30.0 Å². The lowest BCUT2D eigenvalue weighted by Gasteiger charge is -2.11. The number of hydrogen-bond donors (Lipinski definition) is 1. The summed E-state index contributed by atoms with van der Waals surface area (Å²) >= 11 is 5.68. The second kappa shape index (κ2) is 5.15. The van der Waals surface area contributed by atoms with E-state index in [0.717, 1.165) is 17.9 Å². The standard InChI is InChI=1S/C11H13ClFN.ClH/c12-9-6-8(3-4-10(9)13)11(14)5-7-1-2-7;/h3-4,6-7,11H,1-2,5,14H2;1H/t11-;/m0./s1. The van der Waals surface area contributed by atoms with E-state index >= 15 is 0 Å². The zero-order chi connectivity index (χ0) is 10.1. The normalized spacial score (nSPS) is 17.0. The van der Waals surface area contributed by atoms with Crippen molar-refractivity contribution < 1.29 is 4.39 Å². The first-order chi connectivity index (χ1) is 6.66. The van der Waals surface area contributed by atoms with Crippen molar-refractivity contribution >= 4 is 24.0 Å². The molecule has 1 aliphatic rings. The van der Waals surface area contributed by atoms with Crippen LogP contribution in [-0.4, -0.2) is 0 Å². The summed E-state index contributed by atoms with van der Waals surface area (Å²) in [7, 11) is 0. The summed E-state index contributed by atoms with van der Waals surface area (Å²) < 4.78 is 12.9. The molecule has 1 aliphatic carbocycles. The lowest BCUT2D eigenvalue weighted by molar-refractivity contribution is 0.591. The van der Waals surface area contributed by atoms with Crippen LogP contribution in [0.15, 0.2) is 18.2 Å². The van der Waals surface area contributed by atoms with Gasteiger partial charge in [0.15, 0.2) is 0 Å². The lowest BCUT2D eigenvalue weighted by atomic mass is 10.0. The summed E-state index contributed by atoms with van der Waals surface area (Å²) in [6, 6.07) is 4.73. The van der Waals surface area contributed by atoms with Crippen molar-refractivity contribution in [2.75, 3.05) is 0 Å². The van der Waals surface area contributed by atoms with Crippen LogP contribution in [0.1, 0.15) is 30.9 Å². The van der Waals surface area contributed by atoms with Gasteiger partial charge in [0.2, 0.25) is 0 Å². The van der Waals surface area contributed by atoms with Crippen molar-refractivity contribution in [1.82, 2.24) is 0 Å². The number of halogens is 3. The summed E-state index contributed by atoms with van der Waals surface area (Å²) in [5, 5.41) is 0.161. The van der Waals surface area contributed by atoms with Gasteiger partial charge < -0.3 is 5.73 Å². The summed E-state index contributed by atoms with van der Waals surface area (Å²) in [4.78, 5) is 0. The van der Waals surface area contributed by atoms with Crippen LogP contribution < -0.4 is 5.73 Å². The topological polar surface area (TPSA) is 26.0 Å². The van der Waals surface area contributed by atoms with Gasteiger partial charge in [0, 0.05) is 6.04 Å². The van der Waals surface area contributed by atoms with Crippen molar-refractivity contribution in [2.24, 2.45) is 11.7 Å².